The van der Waals surface area contributed by atoms with Crippen LogP contribution in [0.2, 0.25) is 0 Å². The van der Waals surface area contributed by atoms with Crippen LogP contribution in [0.1, 0.15) is 13.3 Å². The predicted molar refractivity (Wildman–Crippen MR) is 66.8 cm³/mol. The third-order valence-corrected chi connectivity index (χ3v) is 3.13. The van der Waals surface area contributed by atoms with Crippen molar-refractivity contribution in [1.29, 1.82) is 0 Å². The van der Waals surface area contributed by atoms with Gasteiger partial charge in [0.25, 0.3) is 0 Å². The highest BCUT2D eigenvalue weighted by Gasteiger charge is 2.27. The number of nitrogens with one attached hydrogen (secondary N) is 2. The number of guanidine groups is 1. The molecule has 0 saturated heterocycles. The van der Waals surface area contributed by atoms with Crippen molar-refractivity contribution in [2.75, 3.05) is 23.7 Å². The van der Waals surface area contributed by atoms with Gasteiger partial charge in [-0.25, -0.2) is 0 Å². The molecule has 0 saturated carbocycles. The van der Waals surface area contributed by atoms with E-state index in [1.165, 1.54) is 0 Å². The summed E-state index contributed by atoms with van der Waals surface area (Å²) in [7, 11) is 0. The lowest BCUT2D eigenvalue weighted by atomic mass is 10.2. The van der Waals surface area contributed by atoms with Gasteiger partial charge in [0, 0.05) is 6.54 Å². The Labute approximate surface area is 95.4 Å². The third kappa shape index (κ3) is 1.41. The van der Waals surface area contributed by atoms with Crippen molar-refractivity contribution in [3.63, 3.8) is 0 Å². The minimum absolute atomic E-state index is 0.345. The van der Waals surface area contributed by atoms with Crippen LogP contribution >= 0.6 is 0 Å². The van der Waals surface area contributed by atoms with Crippen molar-refractivity contribution in [2.45, 2.75) is 19.5 Å². The van der Waals surface area contributed by atoms with Gasteiger partial charge in [0.15, 0.2) is 5.96 Å². The molecule has 2 heterocycles. The van der Waals surface area contributed by atoms with E-state index in [4.69, 9.17) is 0 Å². The molecule has 0 fully saturated rings. The summed E-state index contributed by atoms with van der Waals surface area (Å²) in [5.74, 6) is 1.00. The molecule has 3 rings (SSSR count). The number of nitrogens with zero attached hydrogens (tertiary/aromatic N) is 2. The molecule has 84 valence electrons. The minimum atomic E-state index is 0.345. The topological polar surface area (TPSA) is 39.7 Å². The second-order valence-electron chi connectivity index (χ2n) is 4.14. The summed E-state index contributed by atoms with van der Waals surface area (Å²) in [4.78, 5) is 6.81. The van der Waals surface area contributed by atoms with Gasteiger partial charge in [-0.1, -0.05) is 19.1 Å². The molecule has 2 aliphatic rings. The van der Waals surface area contributed by atoms with Gasteiger partial charge in [-0.2, -0.15) is 0 Å². The van der Waals surface area contributed by atoms with E-state index in [1.54, 1.807) is 0 Å². The largest absolute Gasteiger partial charge is 0.363 e. The average molecular weight is 216 g/mol. The third-order valence-electron chi connectivity index (χ3n) is 3.13. The van der Waals surface area contributed by atoms with E-state index >= 15 is 0 Å². The zero-order chi connectivity index (χ0) is 11.0. The highest BCUT2D eigenvalue weighted by molar-refractivity contribution is 5.99. The standard InChI is InChI=1S/C12H16N4/c1-2-11-14-9-5-3-4-6-10(9)15-12-13-7-8-16(11)12/h3-6,11,14H,2,7-8H2,1H3,(H,13,15)/t11-/m0/s1. The molecule has 2 aliphatic heterocycles. The van der Waals surface area contributed by atoms with Gasteiger partial charge in [0.05, 0.1) is 17.9 Å². The SMILES string of the molecule is CC[C@H]1Nc2ccccc2NC2=NCCN21. The number of hydrogen-bond acceptors (Lipinski definition) is 4. The molecule has 0 spiro atoms. The van der Waals surface area contributed by atoms with Crippen LogP contribution < -0.4 is 10.6 Å². The Kier molecular flexibility index (Phi) is 2.20. The molecule has 4 heteroatoms. The first-order valence-corrected chi connectivity index (χ1v) is 5.82. The molecule has 1 aromatic rings. The Bertz CT molecular complexity index is 427. The molecule has 0 radical (unpaired) electrons. The Morgan fingerprint density at radius 1 is 1.38 bits per heavy atom. The van der Waals surface area contributed by atoms with Crippen molar-refractivity contribution in [2.24, 2.45) is 4.99 Å². The second kappa shape index (κ2) is 3.70. The smallest absolute Gasteiger partial charge is 0.200 e. The maximum Gasteiger partial charge on any atom is 0.200 e. The summed E-state index contributed by atoms with van der Waals surface area (Å²) in [6, 6.07) is 8.28. The normalized spacial score (nSPS) is 22.4. The number of para-hydroxylation sites is 2. The fourth-order valence-electron chi connectivity index (χ4n) is 2.29. The fourth-order valence-corrected chi connectivity index (χ4v) is 2.29. The van der Waals surface area contributed by atoms with Crippen molar-refractivity contribution in [3.8, 4) is 0 Å². The molecule has 4 nitrogen and oxygen atoms in total. The summed E-state index contributed by atoms with van der Waals surface area (Å²) < 4.78 is 0. The summed E-state index contributed by atoms with van der Waals surface area (Å²) in [5, 5.41) is 6.96. The van der Waals surface area contributed by atoms with E-state index < -0.39 is 0 Å². The maximum atomic E-state index is 4.51. The monoisotopic (exact) mass is 216 g/mol. The van der Waals surface area contributed by atoms with Crippen molar-refractivity contribution < 1.29 is 0 Å². The molecule has 0 aliphatic carbocycles. The lowest BCUT2D eigenvalue weighted by molar-refractivity contribution is 0.359. The average Bonchev–Trinajstić information content (AvgIpc) is 2.70. The van der Waals surface area contributed by atoms with Gasteiger partial charge in [-0.15, -0.1) is 0 Å². The van der Waals surface area contributed by atoms with Crippen LogP contribution in [0.3, 0.4) is 0 Å². The summed E-state index contributed by atoms with van der Waals surface area (Å²) >= 11 is 0. The van der Waals surface area contributed by atoms with Gasteiger partial charge in [-0.3, -0.25) is 4.99 Å². The summed E-state index contributed by atoms with van der Waals surface area (Å²) in [6.45, 7) is 4.09. The van der Waals surface area contributed by atoms with E-state index in [1.807, 2.05) is 6.07 Å². The van der Waals surface area contributed by atoms with Gasteiger partial charge in [0.1, 0.15) is 6.17 Å². The first kappa shape index (κ1) is 9.51. The fraction of sp³-hybridized carbons (Fsp3) is 0.417. The predicted octanol–water partition coefficient (Wildman–Crippen LogP) is 1.93. The molecule has 0 aromatic heterocycles. The van der Waals surface area contributed by atoms with Crippen LogP contribution in [0, 0.1) is 0 Å². The van der Waals surface area contributed by atoms with Crippen LogP contribution in [0.15, 0.2) is 29.3 Å². The van der Waals surface area contributed by atoms with E-state index in [0.29, 0.717) is 6.17 Å². The van der Waals surface area contributed by atoms with Gasteiger partial charge >= 0.3 is 0 Å². The Morgan fingerprint density at radius 3 is 3.00 bits per heavy atom. The number of benzene rings is 1. The second-order valence-corrected chi connectivity index (χ2v) is 4.14. The van der Waals surface area contributed by atoms with Crippen molar-refractivity contribution >= 4 is 17.3 Å². The first-order chi connectivity index (χ1) is 7.88. The Morgan fingerprint density at radius 2 is 2.19 bits per heavy atom. The van der Waals surface area contributed by atoms with E-state index in [0.717, 1.165) is 36.8 Å². The van der Waals surface area contributed by atoms with Gasteiger partial charge in [0.2, 0.25) is 0 Å². The Balaban J connectivity index is 2.01. The number of anilines is 2. The molecule has 0 unspecified atom stereocenters. The van der Waals surface area contributed by atoms with E-state index in [-0.39, 0.29) is 0 Å². The molecule has 2 N–H and O–H groups in total. The van der Waals surface area contributed by atoms with Crippen LogP contribution in [-0.2, 0) is 0 Å². The number of hydrogen-bond donors (Lipinski definition) is 2. The van der Waals surface area contributed by atoms with Crippen molar-refractivity contribution in [1.82, 2.24) is 4.90 Å². The summed E-state index contributed by atoms with van der Waals surface area (Å²) in [6.07, 6.45) is 1.41. The number of rotatable bonds is 1. The van der Waals surface area contributed by atoms with Crippen LogP contribution in [-0.4, -0.2) is 30.1 Å². The molecular formula is C12H16N4. The minimum Gasteiger partial charge on any atom is -0.363 e. The van der Waals surface area contributed by atoms with E-state index in [9.17, 15) is 0 Å². The molecule has 16 heavy (non-hydrogen) atoms. The first-order valence-electron chi connectivity index (χ1n) is 5.82. The van der Waals surface area contributed by atoms with Gasteiger partial charge in [-0.05, 0) is 18.6 Å². The number of fused-ring (bicyclic) bond motifs is 2. The zero-order valence-electron chi connectivity index (χ0n) is 9.40. The van der Waals surface area contributed by atoms with E-state index in [2.05, 4.69) is 45.6 Å². The van der Waals surface area contributed by atoms with Crippen LogP contribution in [0.5, 0.6) is 0 Å². The lowest BCUT2D eigenvalue weighted by Gasteiger charge is -2.27. The molecule has 0 amide bonds. The maximum absolute atomic E-state index is 4.51. The molecule has 1 atom stereocenters. The van der Waals surface area contributed by atoms with Crippen LogP contribution in [0.4, 0.5) is 11.4 Å². The Hall–Kier alpha value is -1.71. The highest BCUT2D eigenvalue weighted by Crippen LogP contribution is 2.27. The molecule has 1 aromatic carbocycles. The van der Waals surface area contributed by atoms with Crippen LogP contribution in [0.25, 0.3) is 0 Å². The molecular weight excluding hydrogens is 200 g/mol. The zero-order valence-corrected chi connectivity index (χ0v) is 9.40. The summed E-state index contributed by atoms with van der Waals surface area (Å²) in [5.41, 5.74) is 2.27. The lowest BCUT2D eigenvalue weighted by Crippen LogP contribution is -2.43. The molecule has 0 bridgehead atoms. The highest BCUT2D eigenvalue weighted by atomic mass is 15.4. The number of aliphatic imine (C=N–C) groups is 1. The van der Waals surface area contributed by atoms with Gasteiger partial charge < -0.3 is 15.5 Å². The van der Waals surface area contributed by atoms with Crippen molar-refractivity contribution in [3.05, 3.63) is 24.3 Å². The quantitative estimate of drug-likeness (QED) is 0.753.